The van der Waals surface area contributed by atoms with Crippen LogP contribution in [0.5, 0.6) is 0 Å². The summed E-state index contributed by atoms with van der Waals surface area (Å²) < 4.78 is 19.7. The Hall–Kier alpha value is -4.28. The van der Waals surface area contributed by atoms with Gasteiger partial charge in [-0.3, -0.25) is 14.5 Å². The van der Waals surface area contributed by atoms with Gasteiger partial charge in [0, 0.05) is 11.1 Å². The fraction of sp³-hybridized carbons (Fsp3) is 0.161. The number of Topliss-reactive ketones (excluding diaryl/α,β-unsaturated/α-hetero) is 1. The summed E-state index contributed by atoms with van der Waals surface area (Å²) >= 11 is 2.57. The summed E-state index contributed by atoms with van der Waals surface area (Å²) in [5.74, 6) is -1.44. The van der Waals surface area contributed by atoms with Crippen LogP contribution in [-0.2, 0) is 10.5 Å². The number of ketones is 1. The number of hydrogen-bond acceptors (Lipinski definition) is 8. The molecule has 1 aliphatic rings. The predicted molar refractivity (Wildman–Crippen MR) is 157 cm³/mol. The quantitative estimate of drug-likeness (QED) is 0.114. The Balaban J connectivity index is 1.36. The SMILES string of the molecule is CC(C)c1ccc([C@@H]2C(C(=O)c3cc4ccccc4o3)=C(O)C(=O)N2c2nnc(SCc3ccc(F)cc3)s2)cc1. The molecule has 0 spiro atoms. The number of aliphatic hydroxyl groups is 1. The number of benzene rings is 3. The zero-order valence-electron chi connectivity index (χ0n) is 22.1. The average molecular weight is 586 g/mol. The molecule has 0 fully saturated rings. The number of aliphatic hydroxyl groups excluding tert-OH is 1. The molecule has 1 atom stereocenters. The number of amides is 1. The molecule has 0 radical (unpaired) electrons. The summed E-state index contributed by atoms with van der Waals surface area (Å²) in [6.07, 6.45) is 0. The highest BCUT2D eigenvalue weighted by Crippen LogP contribution is 2.44. The number of carbonyl (C=O) groups is 2. The lowest BCUT2D eigenvalue weighted by Gasteiger charge is -2.24. The Morgan fingerprint density at radius 3 is 2.51 bits per heavy atom. The first-order chi connectivity index (χ1) is 19.8. The van der Waals surface area contributed by atoms with Gasteiger partial charge in [0.2, 0.25) is 10.9 Å². The highest BCUT2D eigenvalue weighted by Gasteiger charge is 2.46. The zero-order chi connectivity index (χ0) is 28.7. The Kier molecular flexibility index (Phi) is 7.19. The molecular formula is C31H24FN3O4S2. The third kappa shape index (κ3) is 5.16. The van der Waals surface area contributed by atoms with Gasteiger partial charge in [-0.2, -0.15) is 0 Å². The monoisotopic (exact) mass is 585 g/mol. The van der Waals surface area contributed by atoms with Crippen molar-refractivity contribution in [1.82, 2.24) is 10.2 Å². The van der Waals surface area contributed by atoms with Gasteiger partial charge in [0.1, 0.15) is 11.4 Å². The summed E-state index contributed by atoms with van der Waals surface area (Å²) in [5.41, 5.74) is 3.09. The van der Waals surface area contributed by atoms with Crippen molar-refractivity contribution in [3.63, 3.8) is 0 Å². The average Bonchev–Trinajstić information content (AvgIpc) is 3.69. The first kappa shape index (κ1) is 26.9. The molecule has 206 valence electrons. The molecule has 3 aromatic carbocycles. The van der Waals surface area contributed by atoms with Crippen molar-refractivity contribution in [3.05, 3.63) is 118 Å². The maximum absolute atomic E-state index is 13.8. The van der Waals surface area contributed by atoms with Crippen LogP contribution in [0, 0.1) is 5.82 Å². The van der Waals surface area contributed by atoms with Crippen LogP contribution in [0.15, 0.2) is 99.0 Å². The topological polar surface area (TPSA) is 96.5 Å². The first-order valence-electron chi connectivity index (χ1n) is 12.9. The van der Waals surface area contributed by atoms with E-state index in [1.807, 2.05) is 36.4 Å². The van der Waals surface area contributed by atoms with Crippen LogP contribution in [0.2, 0.25) is 0 Å². The van der Waals surface area contributed by atoms with Crippen LogP contribution >= 0.6 is 23.1 Å². The molecule has 1 amide bonds. The molecule has 0 bridgehead atoms. The second-order valence-corrected chi connectivity index (χ2v) is 12.1. The van der Waals surface area contributed by atoms with Crippen LogP contribution in [0.25, 0.3) is 11.0 Å². The number of carbonyl (C=O) groups excluding carboxylic acids is 2. The number of nitrogens with zero attached hydrogens (tertiary/aromatic N) is 3. The fourth-order valence-electron chi connectivity index (χ4n) is 4.72. The van der Waals surface area contributed by atoms with Gasteiger partial charge in [0.05, 0.1) is 11.6 Å². The van der Waals surface area contributed by atoms with Gasteiger partial charge in [0.25, 0.3) is 5.91 Å². The number of aromatic nitrogens is 2. The first-order valence-corrected chi connectivity index (χ1v) is 14.7. The normalized spacial score (nSPS) is 15.5. The molecule has 0 saturated heterocycles. The zero-order valence-corrected chi connectivity index (χ0v) is 23.7. The van der Waals surface area contributed by atoms with E-state index >= 15 is 0 Å². The maximum atomic E-state index is 13.8. The molecule has 3 heterocycles. The molecule has 1 aliphatic heterocycles. The summed E-state index contributed by atoms with van der Waals surface area (Å²) in [5, 5.41) is 20.6. The fourth-order valence-corrected chi connectivity index (χ4v) is 6.55. The van der Waals surface area contributed by atoms with Crippen molar-refractivity contribution < 1.29 is 23.5 Å². The second kappa shape index (κ2) is 10.9. The largest absolute Gasteiger partial charge is 0.503 e. The van der Waals surface area contributed by atoms with Crippen molar-refractivity contribution in [1.29, 1.82) is 0 Å². The Morgan fingerprint density at radius 1 is 1.07 bits per heavy atom. The Bertz CT molecular complexity index is 1760. The van der Waals surface area contributed by atoms with Crippen LogP contribution in [-0.4, -0.2) is 27.0 Å². The van der Waals surface area contributed by atoms with Gasteiger partial charge in [-0.15, -0.1) is 10.2 Å². The Morgan fingerprint density at radius 2 is 1.80 bits per heavy atom. The van der Waals surface area contributed by atoms with Crippen molar-refractivity contribution in [3.8, 4) is 0 Å². The smallest absolute Gasteiger partial charge is 0.296 e. The molecule has 2 aromatic heterocycles. The molecule has 7 nitrogen and oxygen atoms in total. The predicted octanol–water partition coefficient (Wildman–Crippen LogP) is 7.62. The molecule has 0 aliphatic carbocycles. The minimum atomic E-state index is -0.938. The van der Waals surface area contributed by atoms with Crippen molar-refractivity contribution in [2.24, 2.45) is 0 Å². The second-order valence-electron chi connectivity index (χ2n) is 9.90. The molecule has 0 unspecified atom stereocenters. The number of anilines is 1. The molecule has 41 heavy (non-hydrogen) atoms. The van der Waals surface area contributed by atoms with Gasteiger partial charge < -0.3 is 9.52 Å². The molecule has 6 rings (SSSR count). The van der Waals surface area contributed by atoms with Gasteiger partial charge in [-0.25, -0.2) is 4.39 Å². The summed E-state index contributed by atoms with van der Waals surface area (Å²) in [6.45, 7) is 4.16. The highest BCUT2D eigenvalue weighted by atomic mass is 32.2. The molecule has 10 heteroatoms. The van der Waals surface area contributed by atoms with E-state index < -0.39 is 23.5 Å². The van der Waals surface area contributed by atoms with Crippen molar-refractivity contribution >= 4 is 50.9 Å². The number of furan rings is 1. The number of halogens is 1. The molecule has 5 aromatic rings. The lowest BCUT2D eigenvalue weighted by Crippen LogP contribution is -2.31. The van der Waals surface area contributed by atoms with E-state index in [4.69, 9.17) is 4.42 Å². The summed E-state index contributed by atoms with van der Waals surface area (Å²) in [7, 11) is 0. The van der Waals surface area contributed by atoms with Crippen LogP contribution in [0.1, 0.15) is 53.1 Å². The van der Waals surface area contributed by atoms with E-state index in [0.29, 0.717) is 21.2 Å². The van der Waals surface area contributed by atoms with Gasteiger partial charge in [-0.1, -0.05) is 91.5 Å². The van der Waals surface area contributed by atoms with Crippen LogP contribution < -0.4 is 4.90 Å². The van der Waals surface area contributed by atoms with E-state index in [0.717, 1.165) is 16.5 Å². The number of fused-ring (bicyclic) bond motifs is 1. The summed E-state index contributed by atoms with van der Waals surface area (Å²) in [6, 6.07) is 21.7. The van der Waals surface area contributed by atoms with E-state index in [9.17, 15) is 19.1 Å². The lowest BCUT2D eigenvalue weighted by molar-refractivity contribution is -0.117. The standard InChI is InChI=1S/C31H24FN3O4S2/c1-17(2)19-9-11-20(12-10-19)26-25(27(36)24-15-21-5-3-4-6-23(21)39-24)28(37)29(38)35(26)30-33-34-31(41-30)40-16-18-7-13-22(32)14-8-18/h3-15,17,26,37H,16H2,1-2H3/t26-/m1/s1. The van der Waals surface area contributed by atoms with Gasteiger partial charge in [-0.05, 0) is 46.9 Å². The van der Waals surface area contributed by atoms with Gasteiger partial charge >= 0.3 is 0 Å². The highest BCUT2D eigenvalue weighted by molar-refractivity contribution is 8.00. The molecule has 1 N–H and O–H groups in total. The van der Waals surface area contributed by atoms with Gasteiger partial charge in [0.15, 0.2) is 15.9 Å². The third-order valence-electron chi connectivity index (χ3n) is 6.90. The molecular weight excluding hydrogens is 561 g/mol. The molecule has 0 saturated carbocycles. The van der Waals surface area contributed by atoms with Crippen LogP contribution in [0.3, 0.4) is 0 Å². The summed E-state index contributed by atoms with van der Waals surface area (Å²) in [4.78, 5) is 28.7. The number of hydrogen-bond donors (Lipinski definition) is 1. The van der Waals surface area contributed by atoms with Crippen molar-refractivity contribution in [2.45, 2.75) is 35.9 Å². The maximum Gasteiger partial charge on any atom is 0.296 e. The van der Waals surface area contributed by atoms with E-state index in [2.05, 4.69) is 24.0 Å². The van der Waals surface area contributed by atoms with Crippen molar-refractivity contribution in [2.75, 3.05) is 4.90 Å². The third-order valence-corrected chi connectivity index (χ3v) is 9.03. The van der Waals surface area contributed by atoms with E-state index in [1.165, 1.54) is 40.1 Å². The Labute approximate surface area is 243 Å². The number of thioether (sulfide) groups is 1. The minimum absolute atomic E-state index is 0.0269. The number of rotatable bonds is 8. The van der Waals surface area contributed by atoms with Crippen LogP contribution in [0.4, 0.5) is 9.52 Å². The number of para-hydroxylation sites is 1. The minimum Gasteiger partial charge on any atom is -0.503 e. The van der Waals surface area contributed by atoms with E-state index in [-0.39, 0.29) is 28.2 Å². The lowest BCUT2D eigenvalue weighted by atomic mass is 9.93. The van der Waals surface area contributed by atoms with E-state index in [1.54, 1.807) is 30.3 Å².